The first-order valence-electron chi connectivity index (χ1n) is 8.44. The van der Waals surface area contributed by atoms with E-state index in [-0.39, 0.29) is 37.1 Å². The molecule has 0 atom stereocenters. The molecule has 1 aromatic heterocycles. The maximum atomic E-state index is 12.1. The van der Waals surface area contributed by atoms with Crippen LogP contribution in [0.4, 0.5) is 0 Å². The summed E-state index contributed by atoms with van der Waals surface area (Å²) >= 11 is 0. The van der Waals surface area contributed by atoms with Crippen LogP contribution in [-0.2, 0) is 11.2 Å². The van der Waals surface area contributed by atoms with Crippen molar-refractivity contribution in [2.45, 2.75) is 13.3 Å². The molecule has 2 aromatic rings. The van der Waals surface area contributed by atoms with Gasteiger partial charge in [-0.1, -0.05) is 18.2 Å². The van der Waals surface area contributed by atoms with Gasteiger partial charge in [0.1, 0.15) is 5.76 Å². The average molecular weight is 401 g/mol. The van der Waals surface area contributed by atoms with E-state index in [1.54, 1.807) is 0 Å². The summed E-state index contributed by atoms with van der Waals surface area (Å²) in [6, 6.07) is 9.73. The molecule has 1 amide bonds. The molecule has 0 spiro atoms. The van der Waals surface area contributed by atoms with Crippen molar-refractivity contribution in [3.63, 3.8) is 0 Å². The number of benzene rings is 1. The predicted molar refractivity (Wildman–Crippen MR) is 107 cm³/mol. The van der Waals surface area contributed by atoms with E-state index in [1.165, 1.54) is 0 Å². The van der Waals surface area contributed by atoms with E-state index in [9.17, 15) is 4.79 Å². The number of nitrogens with one attached hydrogen (secondary N) is 2. The molecule has 26 heavy (non-hydrogen) atoms. The van der Waals surface area contributed by atoms with Gasteiger partial charge in [-0.15, -0.1) is 24.8 Å². The molecule has 0 aliphatic carbocycles. The van der Waals surface area contributed by atoms with Gasteiger partial charge in [0.25, 0.3) is 0 Å². The molecule has 1 aliphatic heterocycles. The van der Waals surface area contributed by atoms with E-state index in [2.05, 4.69) is 20.5 Å². The van der Waals surface area contributed by atoms with Gasteiger partial charge in [-0.05, 0) is 19.1 Å². The average Bonchev–Trinajstić information content (AvgIpc) is 2.97. The van der Waals surface area contributed by atoms with Gasteiger partial charge in [-0.2, -0.15) is 0 Å². The summed E-state index contributed by atoms with van der Waals surface area (Å²) in [5.41, 5.74) is 1.62. The van der Waals surface area contributed by atoms with Gasteiger partial charge in [-0.25, -0.2) is 4.98 Å². The van der Waals surface area contributed by atoms with Crippen LogP contribution in [0, 0.1) is 6.92 Å². The summed E-state index contributed by atoms with van der Waals surface area (Å²) < 4.78 is 5.69. The molecule has 3 rings (SSSR count). The number of nitrogens with zero attached hydrogens (tertiary/aromatic N) is 2. The molecular weight excluding hydrogens is 375 g/mol. The van der Waals surface area contributed by atoms with Gasteiger partial charge in [0.2, 0.25) is 11.8 Å². The number of carbonyl (C=O) groups is 1. The van der Waals surface area contributed by atoms with E-state index in [0.29, 0.717) is 23.9 Å². The molecule has 144 valence electrons. The summed E-state index contributed by atoms with van der Waals surface area (Å²) in [5, 5.41) is 6.29. The number of carbonyl (C=O) groups excluding carboxylic acids is 1. The zero-order chi connectivity index (χ0) is 16.8. The maximum Gasteiger partial charge on any atom is 0.226 e. The van der Waals surface area contributed by atoms with Gasteiger partial charge >= 0.3 is 0 Å². The fourth-order valence-corrected chi connectivity index (χ4v) is 2.80. The lowest BCUT2D eigenvalue weighted by Crippen LogP contribution is -2.46. The Balaban J connectivity index is 0.00000169. The second-order valence-corrected chi connectivity index (χ2v) is 6.01. The molecule has 1 saturated heterocycles. The molecule has 0 saturated carbocycles. The van der Waals surface area contributed by atoms with Gasteiger partial charge in [0.05, 0.1) is 12.1 Å². The molecule has 8 heteroatoms. The SMILES string of the molecule is Cc1oc(-c2ccccc2)nc1CC(=O)NCCN1CCNCC1.Cl.Cl. The third-order valence-corrected chi connectivity index (χ3v) is 4.20. The van der Waals surface area contributed by atoms with Crippen molar-refractivity contribution in [3.8, 4) is 11.5 Å². The van der Waals surface area contributed by atoms with E-state index >= 15 is 0 Å². The molecule has 0 unspecified atom stereocenters. The van der Waals surface area contributed by atoms with Crippen molar-refractivity contribution in [2.75, 3.05) is 39.3 Å². The first-order valence-corrected chi connectivity index (χ1v) is 8.44. The Morgan fingerprint density at radius 1 is 1.23 bits per heavy atom. The minimum absolute atomic E-state index is 0. The number of hydrogen-bond donors (Lipinski definition) is 2. The summed E-state index contributed by atoms with van der Waals surface area (Å²) in [4.78, 5) is 19.0. The quantitative estimate of drug-likeness (QED) is 0.776. The number of aryl methyl sites for hydroxylation is 1. The van der Waals surface area contributed by atoms with Crippen LogP contribution >= 0.6 is 24.8 Å². The number of rotatable bonds is 6. The second kappa shape index (κ2) is 11.2. The molecule has 0 radical (unpaired) electrons. The molecule has 1 aromatic carbocycles. The number of amides is 1. The Morgan fingerprint density at radius 3 is 2.62 bits per heavy atom. The van der Waals surface area contributed by atoms with Crippen molar-refractivity contribution in [3.05, 3.63) is 41.8 Å². The van der Waals surface area contributed by atoms with Crippen molar-refractivity contribution < 1.29 is 9.21 Å². The summed E-state index contributed by atoms with van der Waals surface area (Å²) in [6.07, 6.45) is 0.254. The molecule has 1 fully saturated rings. The van der Waals surface area contributed by atoms with Gasteiger partial charge < -0.3 is 15.1 Å². The Kier molecular flexibility index (Phi) is 9.65. The number of oxazole rings is 1. The predicted octanol–water partition coefficient (Wildman–Crippen LogP) is 2.06. The van der Waals surface area contributed by atoms with Gasteiger partial charge in [-0.3, -0.25) is 9.69 Å². The van der Waals surface area contributed by atoms with E-state index in [1.807, 2.05) is 37.3 Å². The lowest BCUT2D eigenvalue weighted by atomic mass is 10.2. The molecule has 6 nitrogen and oxygen atoms in total. The Bertz CT molecular complexity index is 673. The number of aromatic nitrogens is 1. The maximum absolute atomic E-state index is 12.1. The number of halogens is 2. The van der Waals surface area contributed by atoms with Crippen LogP contribution in [0.2, 0.25) is 0 Å². The molecule has 2 heterocycles. The Hall–Kier alpha value is -1.60. The summed E-state index contributed by atoms with van der Waals surface area (Å²) in [6.45, 7) is 7.53. The van der Waals surface area contributed by atoms with Crippen molar-refractivity contribution in [2.24, 2.45) is 0 Å². The number of piperazine rings is 1. The monoisotopic (exact) mass is 400 g/mol. The molecule has 2 N–H and O–H groups in total. The normalized spacial score (nSPS) is 14.2. The first-order chi connectivity index (χ1) is 11.7. The Labute approximate surface area is 166 Å². The largest absolute Gasteiger partial charge is 0.441 e. The van der Waals surface area contributed by atoms with Crippen molar-refractivity contribution >= 4 is 30.7 Å². The van der Waals surface area contributed by atoms with Crippen LogP contribution in [0.3, 0.4) is 0 Å². The first kappa shape index (κ1) is 22.4. The number of hydrogen-bond acceptors (Lipinski definition) is 5. The molecule has 1 aliphatic rings. The summed E-state index contributed by atoms with van der Waals surface area (Å²) in [7, 11) is 0. The minimum atomic E-state index is -0.0128. The van der Waals surface area contributed by atoms with Crippen molar-refractivity contribution in [1.82, 2.24) is 20.5 Å². The van der Waals surface area contributed by atoms with Gasteiger partial charge in [0.15, 0.2) is 0 Å². The second-order valence-electron chi connectivity index (χ2n) is 6.01. The van der Waals surface area contributed by atoms with E-state index < -0.39 is 0 Å². The lowest BCUT2D eigenvalue weighted by molar-refractivity contribution is -0.120. The fourth-order valence-electron chi connectivity index (χ4n) is 2.80. The van der Waals surface area contributed by atoms with Crippen LogP contribution in [0.25, 0.3) is 11.5 Å². The van der Waals surface area contributed by atoms with Crippen LogP contribution in [0.5, 0.6) is 0 Å². The van der Waals surface area contributed by atoms with Gasteiger partial charge in [0, 0.05) is 44.8 Å². The minimum Gasteiger partial charge on any atom is -0.441 e. The van der Waals surface area contributed by atoms with Crippen LogP contribution in [0.15, 0.2) is 34.7 Å². The molecular formula is C18H26Cl2N4O2. The highest BCUT2D eigenvalue weighted by Gasteiger charge is 2.15. The van der Waals surface area contributed by atoms with Crippen LogP contribution in [0.1, 0.15) is 11.5 Å². The fraction of sp³-hybridized carbons (Fsp3) is 0.444. The highest BCUT2D eigenvalue weighted by atomic mass is 35.5. The Morgan fingerprint density at radius 2 is 1.92 bits per heavy atom. The van der Waals surface area contributed by atoms with Crippen molar-refractivity contribution in [1.29, 1.82) is 0 Å². The zero-order valence-electron chi connectivity index (χ0n) is 14.9. The molecule has 0 bridgehead atoms. The zero-order valence-corrected chi connectivity index (χ0v) is 16.5. The van der Waals surface area contributed by atoms with Crippen LogP contribution < -0.4 is 10.6 Å². The highest BCUT2D eigenvalue weighted by Crippen LogP contribution is 2.21. The van der Waals surface area contributed by atoms with Crippen LogP contribution in [-0.4, -0.2) is 55.1 Å². The third-order valence-electron chi connectivity index (χ3n) is 4.20. The highest BCUT2D eigenvalue weighted by molar-refractivity contribution is 5.85. The third kappa shape index (κ3) is 6.29. The summed E-state index contributed by atoms with van der Waals surface area (Å²) in [5.74, 6) is 1.25. The van der Waals surface area contributed by atoms with E-state index in [0.717, 1.165) is 38.3 Å². The topological polar surface area (TPSA) is 70.4 Å². The van der Waals surface area contributed by atoms with E-state index in [4.69, 9.17) is 4.42 Å². The smallest absolute Gasteiger partial charge is 0.226 e. The lowest BCUT2D eigenvalue weighted by Gasteiger charge is -2.27. The standard InChI is InChI=1S/C18H24N4O2.2ClH/c1-14-16(21-18(24-14)15-5-3-2-4-6-15)13-17(23)20-9-12-22-10-7-19-8-11-22;;/h2-6,19H,7-13H2,1H3,(H,20,23);2*1H.